The van der Waals surface area contributed by atoms with E-state index in [2.05, 4.69) is 6.07 Å². The second-order valence-electron chi connectivity index (χ2n) is 4.77. The molecule has 2 aromatic rings. The number of hydrogen-bond donors (Lipinski definition) is 0. The zero-order valence-electron chi connectivity index (χ0n) is 11.8. The zero-order valence-corrected chi connectivity index (χ0v) is 12.6. The van der Waals surface area contributed by atoms with Crippen LogP contribution in [0.25, 0.3) is 0 Å². The fraction of sp³-hybridized carbons (Fsp3) is 0.188. The lowest BCUT2D eigenvalue weighted by molar-refractivity contribution is 0.486. The third kappa shape index (κ3) is 3.61. The molecule has 21 heavy (non-hydrogen) atoms. The number of nitriles is 1. The van der Waals surface area contributed by atoms with Gasteiger partial charge in [-0.3, -0.25) is 0 Å². The van der Waals surface area contributed by atoms with Crippen molar-refractivity contribution in [3.8, 4) is 11.8 Å². The van der Waals surface area contributed by atoms with Crippen LogP contribution in [0.5, 0.6) is 5.75 Å². The van der Waals surface area contributed by atoms with Gasteiger partial charge >= 0.3 is 10.1 Å². The summed E-state index contributed by atoms with van der Waals surface area (Å²) in [6, 6.07) is 15.1. The van der Waals surface area contributed by atoms with Gasteiger partial charge in [0.25, 0.3) is 0 Å². The lowest BCUT2D eigenvalue weighted by Crippen LogP contribution is -2.09. The molecule has 0 radical (unpaired) electrons. The SMILES string of the molecule is Cc1ccc(S(=O)(=O)Oc2ccc(C(C)C#N)cc2)cc1. The molecule has 2 aromatic carbocycles. The predicted octanol–water partition coefficient (Wildman–Crippen LogP) is 3.39. The molecule has 0 aliphatic heterocycles. The van der Waals surface area contributed by atoms with Crippen molar-refractivity contribution >= 4 is 10.1 Å². The third-order valence-corrected chi connectivity index (χ3v) is 4.35. The highest BCUT2D eigenvalue weighted by molar-refractivity contribution is 7.87. The Labute approximate surface area is 124 Å². The molecule has 1 atom stereocenters. The van der Waals surface area contributed by atoms with E-state index in [1.165, 1.54) is 12.1 Å². The number of nitrogens with zero attached hydrogens (tertiary/aromatic N) is 1. The first-order chi connectivity index (χ1) is 9.92. The summed E-state index contributed by atoms with van der Waals surface area (Å²) in [5.74, 6) is -0.0165. The van der Waals surface area contributed by atoms with Gasteiger partial charge < -0.3 is 4.18 Å². The molecule has 2 rings (SSSR count). The van der Waals surface area contributed by atoms with E-state index in [9.17, 15) is 8.42 Å². The molecule has 0 amide bonds. The van der Waals surface area contributed by atoms with Crippen LogP contribution in [0, 0.1) is 18.3 Å². The Morgan fingerprint density at radius 2 is 1.62 bits per heavy atom. The smallest absolute Gasteiger partial charge is 0.339 e. The summed E-state index contributed by atoms with van der Waals surface area (Å²) >= 11 is 0. The van der Waals surface area contributed by atoms with Gasteiger partial charge in [0.1, 0.15) is 10.6 Å². The van der Waals surface area contributed by atoms with E-state index < -0.39 is 10.1 Å². The topological polar surface area (TPSA) is 67.2 Å². The van der Waals surface area contributed by atoms with E-state index in [0.29, 0.717) is 0 Å². The van der Waals surface area contributed by atoms with E-state index in [1.54, 1.807) is 43.3 Å². The minimum Gasteiger partial charge on any atom is -0.379 e. The minimum absolute atomic E-state index is 0.113. The third-order valence-electron chi connectivity index (χ3n) is 3.09. The highest BCUT2D eigenvalue weighted by Crippen LogP contribution is 2.22. The van der Waals surface area contributed by atoms with Gasteiger partial charge in [-0.1, -0.05) is 29.8 Å². The van der Waals surface area contributed by atoms with Crippen molar-refractivity contribution in [1.82, 2.24) is 0 Å². The molecule has 5 heteroatoms. The Kier molecular flexibility index (Phi) is 4.29. The highest BCUT2D eigenvalue weighted by atomic mass is 32.2. The van der Waals surface area contributed by atoms with Gasteiger partial charge in [0.2, 0.25) is 0 Å². The monoisotopic (exact) mass is 301 g/mol. The Hall–Kier alpha value is -2.32. The van der Waals surface area contributed by atoms with Crippen LogP contribution in [-0.4, -0.2) is 8.42 Å². The van der Waals surface area contributed by atoms with Gasteiger partial charge in [0, 0.05) is 0 Å². The molecule has 1 unspecified atom stereocenters. The molecular weight excluding hydrogens is 286 g/mol. The van der Waals surface area contributed by atoms with E-state index in [4.69, 9.17) is 9.44 Å². The first-order valence-corrected chi connectivity index (χ1v) is 7.84. The van der Waals surface area contributed by atoms with Crippen LogP contribution in [0.4, 0.5) is 0 Å². The van der Waals surface area contributed by atoms with Crippen LogP contribution in [0.15, 0.2) is 53.4 Å². The van der Waals surface area contributed by atoms with Crippen molar-refractivity contribution in [2.24, 2.45) is 0 Å². The first kappa shape index (κ1) is 15.1. The summed E-state index contributed by atoms with van der Waals surface area (Å²) < 4.78 is 29.3. The molecule has 0 spiro atoms. The van der Waals surface area contributed by atoms with Crippen LogP contribution in [0.1, 0.15) is 24.0 Å². The van der Waals surface area contributed by atoms with Crippen LogP contribution in [-0.2, 0) is 10.1 Å². The van der Waals surface area contributed by atoms with Gasteiger partial charge in [0.05, 0.1) is 12.0 Å². The van der Waals surface area contributed by atoms with E-state index in [0.717, 1.165) is 11.1 Å². The summed E-state index contributed by atoms with van der Waals surface area (Å²) in [5.41, 5.74) is 1.79. The Balaban J connectivity index is 2.21. The zero-order chi connectivity index (χ0) is 15.5. The van der Waals surface area contributed by atoms with Crippen LogP contribution >= 0.6 is 0 Å². The van der Waals surface area contributed by atoms with Gasteiger partial charge in [-0.2, -0.15) is 13.7 Å². The van der Waals surface area contributed by atoms with E-state index in [1.807, 2.05) is 6.92 Å². The predicted molar refractivity (Wildman–Crippen MR) is 79.5 cm³/mol. The Bertz CT molecular complexity index is 757. The minimum atomic E-state index is -3.83. The fourth-order valence-corrected chi connectivity index (χ4v) is 2.70. The molecule has 0 aromatic heterocycles. The molecule has 0 fully saturated rings. The van der Waals surface area contributed by atoms with E-state index >= 15 is 0 Å². The number of rotatable bonds is 4. The lowest BCUT2D eigenvalue weighted by atomic mass is 10.0. The molecule has 0 bridgehead atoms. The maximum atomic E-state index is 12.1. The number of aryl methyl sites for hydroxylation is 1. The number of benzene rings is 2. The van der Waals surface area contributed by atoms with Crippen LogP contribution in [0.2, 0.25) is 0 Å². The van der Waals surface area contributed by atoms with Gasteiger partial charge in [-0.05, 0) is 43.7 Å². The standard InChI is InChI=1S/C16H15NO3S/c1-12-3-9-16(10-4-12)21(18,19)20-15-7-5-14(6-8-15)13(2)11-17/h3-10,13H,1-2H3. The van der Waals surface area contributed by atoms with Crippen molar-refractivity contribution in [2.75, 3.05) is 0 Å². The largest absolute Gasteiger partial charge is 0.379 e. The summed E-state index contributed by atoms with van der Waals surface area (Å²) in [6.45, 7) is 3.66. The van der Waals surface area contributed by atoms with Gasteiger partial charge in [-0.15, -0.1) is 0 Å². The average Bonchev–Trinajstić information content (AvgIpc) is 2.47. The van der Waals surface area contributed by atoms with E-state index in [-0.39, 0.29) is 16.6 Å². The lowest BCUT2D eigenvalue weighted by Gasteiger charge is -2.08. The van der Waals surface area contributed by atoms with Crippen molar-refractivity contribution in [3.63, 3.8) is 0 Å². The average molecular weight is 301 g/mol. The first-order valence-electron chi connectivity index (χ1n) is 6.43. The fourth-order valence-electron chi connectivity index (χ4n) is 1.77. The van der Waals surface area contributed by atoms with Crippen molar-refractivity contribution in [2.45, 2.75) is 24.7 Å². The Morgan fingerprint density at radius 1 is 1.05 bits per heavy atom. The van der Waals surface area contributed by atoms with Crippen molar-refractivity contribution in [1.29, 1.82) is 5.26 Å². The molecule has 108 valence electrons. The number of hydrogen-bond acceptors (Lipinski definition) is 4. The second kappa shape index (κ2) is 5.98. The summed E-state index contributed by atoms with van der Waals surface area (Å²) in [6.07, 6.45) is 0. The second-order valence-corrected chi connectivity index (χ2v) is 6.32. The molecule has 0 heterocycles. The summed E-state index contributed by atoms with van der Waals surface area (Å²) in [4.78, 5) is 0.113. The van der Waals surface area contributed by atoms with Crippen LogP contribution < -0.4 is 4.18 Å². The van der Waals surface area contributed by atoms with Crippen LogP contribution in [0.3, 0.4) is 0 Å². The molecular formula is C16H15NO3S. The quantitative estimate of drug-likeness (QED) is 0.812. The van der Waals surface area contributed by atoms with Crippen molar-refractivity contribution in [3.05, 3.63) is 59.7 Å². The molecule has 0 saturated carbocycles. The van der Waals surface area contributed by atoms with Crippen molar-refractivity contribution < 1.29 is 12.6 Å². The van der Waals surface area contributed by atoms with Gasteiger partial charge in [0.15, 0.2) is 0 Å². The maximum absolute atomic E-state index is 12.1. The Morgan fingerprint density at radius 3 is 2.14 bits per heavy atom. The normalized spacial score (nSPS) is 12.4. The molecule has 4 nitrogen and oxygen atoms in total. The molecule has 0 aliphatic carbocycles. The molecule has 0 aliphatic rings. The maximum Gasteiger partial charge on any atom is 0.339 e. The summed E-state index contributed by atoms with van der Waals surface area (Å²) in [5, 5.41) is 8.84. The molecule has 0 N–H and O–H groups in total. The molecule has 0 saturated heterocycles. The summed E-state index contributed by atoms with van der Waals surface area (Å²) in [7, 11) is -3.83. The van der Waals surface area contributed by atoms with Gasteiger partial charge in [-0.25, -0.2) is 0 Å². The highest BCUT2D eigenvalue weighted by Gasteiger charge is 2.16.